The second-order valence-electron chi connectivity index (χ2n) is 6.03. The van der Waals surface area contributed by atoms with Crippen molar-refractivity contribution in [2.24, 2.45) is 5.41 Å². The molecule has 1 spiro atoms. The Morgan fingerprint density at radius 1 is 1.24 bits per heavy atom. The van der Waals surface area contributed by atoms with E-state index in [1.165, 1.54) is 4.90 Å². The van der Waals surface area contributed by atoms with Gasteiger partial charge in [0.15, 0.2) is 0 Å². The number of rotatable bonds is 0. The molecule has 0 bridgehead atoms. The quantitative estimate of drug-likeness (QED) is 0.609. The van der Waals surface area contributed by atoms with Gasteiger partial charge in [0.25, 0.3) is 0 Å². The van der Waals surface area contributed by atoms with Gasteiger partial charge >= 0.3 is 12.1 Å². The zero-order valence-corrected chi connectivity index (χ0v) is 12.8. The van der Waals surface area contributed by atoms with Gasteiger partial charge in [0.05, 0.1) is 0 Å². The second kappa shape index (κ2) is 5.79. The lowest BCUT2D eigenvalue weighted by molar-refractivity contribution is -0.119. The number of carbonyl (C=O) groups excluding carboxylic acids is 3. The first kappa shape index (κ1) is 15.4. The molecule has 2 N–H and O–H groups in total. The number of nitrogens with one attached hydrogen (secondary N) is 2. The fraction of sp³-hybridized carbons (Fsp3) is 0.769. The molecule has 8 nitrogen and oxygen atoms in total. The molecule has 1 atom stereocenters. The highest BCUT2D eigenvalue weighted by atomic mass is 16.2. The van der Waals surface area contributed by atoms with Crippen molar-refractivity contribution in [1.29, 1.82) is 0 Å². The first-order valence-corrected chi connectivity index (χ1v) is 7.06. The molecule has 0 aliphatic carbocycles. The van der Waals surface area contributed by atoms with Crippen LogP contribution in [0.25, 0.3) is 0 Å². The van der Waals surface area contributed by atoms with Crippen LogP contribution in [0.5, 0.6) is 0 Å². The normalized spacial score (nSPS) is 25.6. The standard InChI is InChI=1S/C13H23N5O3/c1-14-11(20)17-4-5-18(12(21)16(2)3)9-13(8-17)6-10(19)15-7-13/h4-9H2,1-3H3,(H,14,20)(H,15,19)/t13-/m1/s1. The average molecular weight is 297 g/mol. The average Bonchev–Trinajstić information content (AvgIpc) is 2.69. The van der Waals surface area contributed by atoms with Crippen molar-refractivity contribution in [2.45, 2.75) is 6.42 Å². The van der Waals surface area contributed by atoms with Crippen LogP contribution in [0.2, 0.25) is 0 Å². The molecule has 2 saturated heterocycles. The van der Waals surface area contributed by atoms with Gasteiger partial charge in [0.2, 0.25) is 5.91 Å². The zero-order valence-electron chi connectivity index (χ0n) is 12.8. The van der Waals surface area contributed by atoms with Crippen molar-refractivity contribution in [3.63, 3.8) is 0 Å². The predicted molar refractivity (Wildman–Crippen MR) is 76.7 cm³/mol. The summed E-state index contributed by atoms with van der Waals surface area (Å²) in [5.41, 5.74) is -0.397. The van der Waals surface area contributed by atoms with E-state index in [0.29, 0.717) is 39.1 Å². The van der Waals surface area contributed by atoms with Crippen molar-refractivity contribution in [1.82, 2.24) is 25.3 Å². The molecule has 2 aliphatic rings. The number of nitrogens with zero attached hydrogens (tertiary/aromatic N) is 3. The molecule has 118 valence electrons. The van der Waals surface area contributed by atoms with Crippen LogP contribution < -0.4 is 10.6 Å². The lowest BCUT2D eigenvalue weighted by Crippen LogP contribution is -2.47. The van der Waals surface area contributed by atoms with Crippen molar-refractivity contribution in [3.05, 3.63) is 0 Å². The van der Waals surface area contributed by atoms with Crippen LogP contribution in [0, 0.1) is 5.41 Å². The van der Waals surface area contributed by atoms with Gasteiger partial charge in [-0.2, -0.15) is 0 Å². The number of urea groups is 2. The summed E-state index contributed by atoms with van der Waals surface area (Å²) in [6.07, 6.45) is 0.345. The highest BCUT2D eigenvalue weighted by molar-refractivity contribution is 5.80. The van der Waals surface area contributed by atoms with E-state index in [0.717, 1.165) is 0 Å². The smallest absolute Gasteiger partial charge is 0.319 e. The van der Waals surface area contributed by atoms with E-state index in [4.69, 9.17) is 0 Å². The van der Waals surface area contributed by atoms with Gasteiger partial charge in [0.1, 0.15) is 0 Å². The van der Waals surface area contributed by atoms with Gasteiger partial charge < -0.3 is 25.3 Å². The first-order valence-electron chi connectivity index (χ1n) is 7.06. The Kier molecular flexibility index (Phi) is 4.24. The monoisotopic (exact) mass is 297 g/mol. The van der Waals surface area contributed by atoms with Gasteiger partial charge in [-0.1, -0.05) is 0 Å². The number of carbonyl (C=O) groups is 3. The third kappa shape index (κ3) is 3.20. The predicted octanol–water partition coefficient (Wildman–Crippen LogP) is -0.869. The molecule has 0 unspecified atom stereocenters. The van der Waals surface area contributed by atoms with Gasteiger partial charge in [-0.3, -0.25) is 4.79 Å². The summed E-state index contributed by atoms with van der Waals surface area (Å²) >= 11 is 0. The van der Waals surface area contributed by atoms with Crippen molar-refractivity contribution >= 4 is 18.0 Å². The molecule has 5 amide bonds. The molecule has 8 heteroatoms. The minimum absolute atomic E-state index is 0.0222. The Morgan fingerprint density at radius 3 is 2.38 bits per heavy atom. The summed E-state index contributed by atoms with van der Waals surface area (Å²) in [7, 11) is 4.99. The molecule has 2 rings (SSSR count). The maximum absolute atomic E-state index is 12.2. The van der Waals surface area contributed by atoms with E-state index in [2.05, 4.69) is 10.6 Å². The largest absolute Gasteiger partial charge is 0.355 e. The molecule has 2 aliphatic heterocycles. The molecule has 21 heavy (non-hydrogen) atoms. The molecule has 0 saturated carbocycles. The van der Waals surface area contributed by atoms with E-state index in [9.17, 15) is 14.4 Å². The fourth-order valence-electron chi connectivity index (χ4n) is 3.01. The highest BCUT2D eigenvalue weighted by Gasteiger charge is 2.44. The molecular weight excluding hydrogens is 274 g/mol. The summed E-state index contributed by atoms with van der Waals surface area (Å²) < 4.78 is 0. The highest BCUT2D eigenvalue weighted by Crippen LogP contribution is 2.31. The van der Waals surface area contributed by atoms with Gasteiger partial charge in [-0.05, 0) is 0 Å². The summed E-state index contributed by atoms with van der Waals surface area (Å²) in [5.74, 6) is -0.0222. The number of hydrogen-bond donors (Lipinski definition) is 2. The van der Waals surface area contributed by atoms with Crippen molar-refractivity contribution in [2.75, 3.05) is 53.9 Å². The minimum atomic E-state index is -0.397. The molecule has 2 heterocycles. The zero-order chi connectivity index (χ0) is 15.6. The first-order chi connectivity index (χ1) is 9.87. The Morgan fingerprint density at radius 2 is 1.86 bits per heavy atom. The minimum Gasteiger partial charge on any atom is -0.355 e. The van der Waals surface area contributed by atoms with Gasteiger partial charge in [-0.15, -0.1) is 0 Å². The van der Waals surface area contributed by atoms with Crippen LogP contribution in [-0.4, -0.2) is 86.5 Å². The lowest BCUT2D eigenvalue weighted by atomic mass is 9.86. The molecular formula is C13H23N5O3. The number of amides is 5. The van der Waals surface area contributed by atoms with E-state index < -0.39 is 5.41 Å². The summed E-state index contributed by atoms with van der Waals surface area (Å²) in [6, 6.07) is -0.264. The SMILES string of the molecule is CNC(=O)N1CCN(C(=O)N(C)C)C[C@]2(CNC(=O)C2)C1. The van der Waals surface area contributed by atoms with Gasteiger partial charge in [0, 0.05) is 65.7 Å². The third-order valence-electron chi connectivity index (χ3n) is 4.04. The molecule has 0 radical (unpaired) electrons. The van der Waals surface area contributed by atoms with E-state index >= 15 is 0 Å². The third-order valence-corrected chi connectivity index (χ3v) is 4.04. The topological polar surface area (TPSA) is 85.0 Å². The summed E-state index contributed by atoms with van der Waals surface area (Å²) in [6.45, 7) is 2.39. The van der Waals surface area contributed by atoms with E-state index in [1.807, 2.05) is 0 Å². The van der Waals surface area contributed by atoms with Gasteiger partial charge in [-0.25, -0.2) is 9.59 Å². The summed E-state index contributed by atoms with van der Waals surface area (Å²) in [4.78, 5) is 40.8. The second-order valence-corrected chi connectivity index (χ2v) is 6.03. The molecule has 2 fully saturated rings. The van der Waals surface area contributed by atoms with E-state index in [-0.39, 0.29) is 18.0 Å². The molecule has 0 aromatic rings. The van der Waals surface area contributed by atoms with Crippen LogP contribution in [-0.2, 0) is 4.79 Å². The summed E-state index contributed by atoms with van der Waals surface area (Å²) in [5, 5.41) is 5.44. The molecule has 0 aromatic carbocycles. The number of hydrogen-bond acceptors (Lipinski definition) is 3. The van der Waals surface area contributed by atoms with Crippen LogP contribution >= 0.6 is 0 Å². The maximum Gasteiger partial charge on any atom is 0.319 e. The Balaban J connectivity index is 2.22. The Labute approximate surface area is 124 Å². The Hall–Kier alpha value is -1.99. The van der Waals surface area contributed by atoms with Crippen LogP contribution in [0.15, 0.2) is 0 Å². The molecule has 0 aromatic heterocycles. The fourth-order valence-corrected chi connectivity index (χ4v) is 3.01. The van der Waals surface area contributed by atoms with Crippen molar-refractivity contribution in [3.8, 4) is 0 Å². The van der Waals surface area contributed by atoms with Crippen LogP contribution in [0.1, 0.15) is 6.42 Å². The lowest BCUT2D eigenvalue weighted by Gasteiger charge is -2.33. The van der Waals surface area contributed by atoms with E-state index in [1.54, 1.807) is 30.9 Å². The maximum atomic E-state index is 12.2. The van der Waals surface area contributed by atoms with Crippen LogP contribution in [0.3, 0.4) is 0 Å². The van der Waals surface area contributed by atoms with Crippen LogP contribution in [0.4, 0.5) is 9.59 Å². The Bertz CT molecular complexity index is 453. The van der Waals surface area contributed by atoms with Crippen molar-refractivity contribution < 1.29 is 14.4 Å².